The molecule has 0 bridgehead atoms. The van der Waals surface area contributed by atoms with Crippen molar-refractivity contribution in [1.29, 1.82) is 0 Å². The fourth-order valence-electron chi connectivity index (χ4n) is 4.16. The predicted octanol–water partition coefficient (Wildman–Crippen LogP) is 1.28. The number of rotatable bonds is 5. The van der Waals surface area contributed by atoms with Crippen LogP contribution in [0.15, 0.2) is 30.3 Å². The lowest BCUT2D eigenvalue weighted by atomic mass is 9.92. The number of nitrogens with one attached hydrogen (secondary N) is 1. The Balaban J connectivity index is 1.92. The first-order chi connectivity index (χ1) is 12.9. The van der Waals surface area contributed by atoms with Gasteiger partial charge in [-0.3, -0.25) is 14.4 Å². The van der Waals surface area contributed by atoms with Crippen LogP contribution >= 0.6 is 0 Å². The zero-order valence-electron chi connectivity index (χ0n) is 15.8. The summed E-state index contributed by atoms with van der Waals surface area (Å²) in [6.45, 7) is 3.66. The minimum absolute atomic E-state index is 0.0986. The molecule has 0 aromatic heterocycles. The van der Waals surface area contributed by atoms with Crippen LogP contribution in [0.5, 0.6) is 0 Å². The van der Waals surface area contributed by atoms with Crippen LogP contribution in [-0.2, 0) is 19.1 Å². The average molecular weight is 373 g/mol. The van der Waals surface area contributed by atoms with Crippen molar-refractivity contribution in [3.05, 3.63) is 35.9 Å². The highest BCUT2D eigenvalue weighted by Crippen LogP contribution is 2.34. The third kappa shape index (κ3) is 3.69. The maximum atomic E-state index is 13.1. The van der Waals surface area contributed by atoms with E-state index in [0.29, 0.717) is 12.8 Å². The molecule has 1 heterocycles. The highest BCUT2D eigenvalue weighted by Gasteiger charge is 2.47. The molecule has 2 aliphatic rings. The van der Waals surface area contributed by atoms with Crippen molar-refractivity contribution in [2.75, 3.05) is 6.61 Å². The lowest BCUT2D eigenvalue weighted by molar-refractivity contribution is -0.168. The number of morpholine rings is 1. The molecule has 1 aromatic rings. The third-order valence-corrected chi connectivity index (χ3v) is 5.51. The van der Waals surface area contributed by atoms with Crippen molar-refractivity contribution in [3.8, 4) is 0 Å². The number of hydrogen-bond donors (Lipinski definition) is 2. The number of amides is 3. The van der Waals surface area contributed by atoms with Crippen LogP contribution in [0.3, 0.4) is 0 Å². The zero-order chi connectivity index (χ0) is 19.6. The van der Waals surface area contributed by atoms with Gasteiger partial charge in [0.15, 0.2) is 6.10 Å². The monoisotopic (exact) mass is 373 g/mol. The fourth-order valence-corrected chi connectivity index (χ4v) is 4.16. The minimum Gasteiger partial charge on any atom is -0.368 e. The van der Waals surface area contributed by atoms with E-state index in [1.807, 2.05) is 44.2 Å². The summed E-state index contributed by atoms with van der Waals surface area (Å²) in [6.07, 6.45) is 1.85. The maximum absolute atomic E-state index is 13.1. The van der Waals surface area contributed by atoms with E-state index in [2.05, 4.69) is 5.32 Å². The molecule has 0 spiro atoms. The Hall–Kier alpha value is -2.41. The number of ether oxygens (including phenoxy) is 1. The number of primary amides is 1. The highest BCUT2D eigenvalue weighted by molar-refractivity contribution is 5.93. The van der Waals surface area contributed by atoms with Gasteiger partial charge in [0.25, 0.3) is 5.91 Å². The quantitative estimate of drug-likeness (QED) is 0.812. The molecular weight excluding hydrogens is 346 g/mol. The molecule has 0 radical (unpaired) electrons. The van der Waals surface area contributed by atoms with E-state index in [9.17, 15) is 14.4 Å². The number of carbonyl (C=O) groups is 3. The topological polar surface area (TPSA) is 102 Å². The number of carbonyl (C=O) groups excluding carboxylic acids is 3. The van der Waals surface area contributed by atoms with Gasteiger partial charge in [-0.1, -0.05) is 43.2 Å². The van der Waals surface area contributed by atoms with Gasteiger partial charge < -0.3 is 20.7 Å². The van der Waals surface area contributed by atoms with Crippen molar-refractivity contribution in [1.82, 2.24) is 10.2 Å². The van der Waals surface area contributed by atoms with Crippen LogP contribution < -0.4 is 11.1 Å². The van der Waals surface area contributed by atoms with E-state index in [1.54, 1.807) is 4.90 Å². The summed E-state index contributed by atoms with van der Waals surface area (Å²) in [5.74, 6) is -1.08. The van der Waals surface area contributed by atoms with Gasteiger partial charge in [0, 0.05) is 6.04 Å². The van der Waals surface area contributed by atoms with Crippen molar-refractivity contribution < 1.29 is 19.1 Å². The summed E-state index contributed by atoms with van der Waals surface area (Å²) in [7, 11) is 0. The molecule has 2 atom stereocenters. The fraction of sp³-hybridized carbons (Fsp3) is 0.550. The van der Waals surface area contributed by atoms with Crippen molar-refractivity contribution in [3.63, 3.8) is 0 Å². The first-order valence-electron chi connectivity index (χ1n) is 9.45. The number of nitrogens with two attached hydrogens (primary N) is 1. The van der Waals surface area contributed by atoms with E-state index in [-0.39, 0.29) is 18.6 Å². The van der Waals surface area contributed by atoms with E-state index >= 15 is 0 Å². The first kappa shape index (κ1) is 19.4. The molecule has 1 aliphatic carbocycles. The van der Waals surface area contributed by atoms with Gasteiger partial charge in [0.05, 0.1) is 6.04 Å². The summed E-state index contributed by atoms with van der Waals surface area (Å²) in [5, 5.41) is 2.86. The van der Waals surface area contributed by atoms with E-state index in [0.717, 1.165) is 18.4 Å². The van der Waals surface area contributed by atoms with E-state index in [1.165, 1.54) is 0 Å². The molecule has 1 aromatic carbocycles. The molecule has 27 heavy (non-hydrogen) atoms. The van der Waals surface area contributed by atoms with Crippen LogP contribution in [0.2, 0.25) is 0 Å². The molecule has 1 saturated carbocycles. The number of benzene rings is 1. The molecule has 1 aliphatic heterocycles. The van der Waals surface area contributed by atoms with Crippen LogP contribution in [0.4, 0.5) is 0 Å². The van der Waals surface area contributed by atoms with Crippen LogP contribution in [0.25, 0.3) is 0 Å². The smallest absolute Gasteiger partial charge is 0.252 e. The van der Waals surface area contributed by atoms with Crippen LogP contribution in [0, 0.1) is 0 Å². The summed E-state index contributed by atoms with van der Waals surface area (Å²) in [5.41, 5.74) is 5.39. The van der Waals surface area contributed by atoms with Gasteiger partial charge in [-0.2, -0.15) is 0 Å². The van der Waals surface area contributed by atoms with Crippen LogP contribution in [-0.4, -0.2) is 46.9 Å². The molecule has 146 valence electrons. The van der Waals surface area contributed by atoms with E-state index in [4.69, 9.17) is 10.5 Å². The normalized spacial score (nSPS) is 24.9. The standard InChI is InChI=1S/C20H27N3O4/c1-13(2)23-15(24)12-27-17(16(23)14-8-4-3-5-9-14)18(25)22-20(19(21)26)10-6-7-11-20/h3-5,8-9,13,16-17H,6-7,10-12H2,1-2H3,(H2,21,26)(H,22,25)/t16-,17+/m1/s1. The average Bonchev–Trinajstić information content (AvgIpc) is 3.11. The van der Waals surface area contributed by atoms with Gasteiger partial charge in [-0.15, -0.1) is 0 Å². The number of nitrogens with zero attached hydrogens (tertiary/aromatic N) is 1. The Kier molecular flexibility index (Phi) is 5.51. The first-order valence-corrected chi connectivity index (χ1v) is 9.45. The summed E-state index contributed by atoms with van der Waals surface area (Å²) in [6, 6.07) is 8.71. The third-order valence-electron chi connectivity index (χ3n) is 5.51. The number of hydrogen-bond acceptors (Lipinski definition) is 4. The van der Waals surface area contributed by atoms with Gasteiger partial charge in [-0.25, -0.2) is 0 Å². The van der Waals surface area contributed by atoms with Gasteiger partial charge in [0.2, 0.25) is 11.8 Å². The molecule has 2 fully saturated rings. The Morgan fingerprint density at radius 3 is 2.41 bits per heavy atom. The van der Waals surface area contributed by atoms with Crippen molar-refractivity contribution in [2.45, 2.75) is 63.3 Å². The molecular formula is C20H27N3O4. The summed E-state index contributed by atoms with van der Waals surface area (Å²) >= 11 is 0. The molecule has 0 unspecified atom stereocenters. The second-order valence-electron chi connectivity index (χ2n) is 7.62. The minimum atomic E-state index is -1.02. The molecule has 3 rings (SSSR count). The van der Waals surface area contributed by atoms with Gasteiger partial charge in [-0.05, 0) is 32.3 Å². The Bertz CT molecular complexity index is 713. The molecule has 7 nitrogen and oxygen atoms in total. The zero-order valence-corrected chi connectivity index (χ0v) is 15.8. The second kappa shape index (κ2) is 7.68. The Morgan fingerprint density at radius 2 is 1.85 bits per heavy atom. The largest absolute Gasteiger partial charge is 0.368 e. The van der Waals surface area contributed by atoms with Gasteiger partial charge in [0.1, 0.15) is 12.1 Å². The van der Waals surface area contributed by atoms with E-state index < -0.39 is 29.5 Å². The Morgan fingerprint density at radius 1 is 1.22 bits per heavy atom. The SMILES string of the molecule is CC(C)N1C(=O)CO[C@H](C(=O)NC2(C(N)=O)CCCC2)[C@H]1c1ccccc1. The van der Waals surface area contributed by atoms with Crippen molar-refractivity contribution >= 4 is 17.7 Å². The predicted molar refractivity (Wildman–Crippen MR) is 99.4 cm³/mol. The maximum Gasteiger partial charge on any atom is 0.252 e. The lowest BCUT2D eigenvalue weighted by Gasteiger charge is -2.43. The lowest BCUT2D eigenvalue weighted by Crippen LogP contribution is -2.62. The summed E-state index contributed by atoms with van der Waals surface area (Å²) < 4.78 is 5.68. The van der Waals surface area contributed by atoms with Gasteiger partial charge >= 0.3 is 0 Å². The molecule has 3 N–H and O–H groups in total. The molecule has 7 heteroatoms. The summed E-state index contributed by atoms with van der Waals surface area (Å²) in [4.78, 5) is 39.3. The second-order valence-corrected chi connectivity index (χ2v) is 7.62. The van der Waals surface area contributed by atoms with Crippen LogP contribution in [0.1, 0.15) is 51.1 Å². The highest BCUT2D eigenvalue weighted by atomic mass is 16.5. The Labute approximate surface area is 159 Å². The molecule has 3 amide bonds. The molecule has 1 saturated heterocycles. The van der Waals surface area contributed by atoms with Crippen molar-refractivity contribution in [2.24, 2.45) is 5.73 Å².